The van der Waals surface area contributed by atoms with Gasteiger partial charge in [0.15, 0.2) is 0 Å². The number of furan rings is 1. The topological polar surface area (TPSA) is 105 Å². The van der Waals surface area contributed by atoms with E-state index in [1.54, 1.807) is 19.4 Å². The van der Waals surface area contributed by atoms with Crippen LogP contribution in [0.4, 0.5) is 0 Å². The molecule has 0 spiro atoms. The molecule has 0 amide bonds. The SMILES string of the molecule is C=CCCOCC(C)(C)C.C=CCOCC(C)(C)C.CC(C)(C)COC(C)(C)C.CC(C)(C)COCc1ccco1.CC(C)(C)COc1ccc(Cl)cc1.CC(C)(C)COc1ccccc1.CCCCOCC(C)(C)C.CCCOCC(C)(C)C.CCOCC(C)(C)C.COCC(C)(C)C. The van der Waals surface area contributed by atoms with E-state index in [9.17, 15) is 0 Å². The molecular formula is C88H169ClO11. The molecule has 0 saturated carbocycles. The number of para-hydroxylation sites is 1. The largest absolute Gasteiger partial charge is 0.493 e. The van der Waals surface area contributed by atoms with E-state index in [4.69, 9.17) is 63.4 Å². The number of halogens is 1. The third kappa shape index (κ3) is 122. The summed E-state index contributed by atoms with van der Waals surface area (Å²) >= 11 is 5.75. The van der Waals surface area contributed by atoms with Crippen molar-refractivity contribution in [2.75, 3.05) is 106 Å². The van der Waals surface area contributed by atoms with Crippen molar-refractivity contribution in [1.29, 1.82) is 0 Å². The van der Waals surface area contributed by atoms with Gasteiger partial charge in [-0.3, -0.25) is 0 Å². The number of hydrogen-bond acceptors (Lipinski definition) is 11. The molecule has 0 aliphatic carbocycles. The summed E-state index contributed by atoms with van der Waals surface area (Å²) in [5.74, 6) is 2.71. The molecule has 11 nitrogen and oxygen atoms in total. The quantitative estimate of drug-likeness (QED) is 0.0598. The van der Waals surface area contributed by atoms with Crippen LogP contribution in [0.1, 0.15) is 281 Å². The molecule has 0 N–H and O–H groups in total. The van der Waals surface area contributed by atoms with Gasteiger partial charge in [-0.1, -0.05) is 270 Å². The summed E-state index contributed by atoms with van der Waals surface area (Å²) in [6.07, 6.45) is 9.80. The normalized spacial score (nSPS) is 11.9. The summed E-state index contributed by atoms with van der Waals surface area (Å²) in [4.78, 5) is 0. The standard InChI is InChI=1S/C11H15ClO.C11H16O.C10H16O2.2C9H20O.C9H18O.C8H18O.C8H16O.C7H16O.C6H14O/c1-11(2,3)8-13-10-6-4-9(12)5-7-10;1-11(2,3)9-12-10-7-5-4-6-8-10;1-10(2,3)8-11-7-9-5-4-6-12-9;1-8(2,3)7-10-9(4,5)6;2*1-5-6-7-10-8-9(2,3)4;2*1-5-6-9-7-8(2,3)4;1-5-8-6-7(2,3)4;1-6(2,3)5-7-4/h4-7H,8H2,1-3H3;4-8H,9H2,1-3H3;4-6H,7-8H2,1-3H3;7H2,1-6H3;5-8H2,1-4H3;5H,1,6-8H2,2-4H3;5-7H2,1-4H3;5H,1,6-7H2,2-4H3;5-6H2,1-4H3;5H2,1-4H3. The predicted molar refractivity (Wildman–Crippen MR) is 439 cm³/mol. The highest BCUT2D eigenvalue weighted by atomic mass is 35.5. The monoisotopic (exact) mass is 1440 g/mol. The molecule has 0 fully saturated rings. The molecule has 1 heterocycles. The van der Waals surface area contributed by atoms with Crippen LogP contribution < -0.4 is 9.47 Å². The molecule has 3 rings (SSSR count). The van der Waals surface area contributed by atoms with Gasteiger partial charge < -0.3 is 51.8 Å². The summed E-state index contributed by atoms with van der Waals surface area (Å²) in [7, 11) is 1.73. The van der Waals surface area contributed by atoms with Gasteiger partial charge in [0, 0.05) is 32.0 Å². The second-order valence-electron chi connectivity index (χ2n) is 38.4. The van der Waals surface area contributed by atoms with Gasteiger partial charge >= 0.3 is 0 Å². The van der Waals surface area contributed by atoms with Gasteiger partial charge in [0.25, 0.3) is 0 Å². The van der Waals surface area contributed by atoms with Crippen LogP contribution in [0.2, 0.25) is 5.02 Å². The number of rotatable bonds is 25. The van der Waals surface area contributed by atoms with Gasteiger partial charge in [-0.05, 0) is 150 Å². The lowest BCUT2D eigenvalue weighted by atomic mass is 9.98. The van der Waals surface area contributed by atoms with Crippen LogP contribution in [0.25, 0.3) is 0 Å². The first-order valence-corrected chi connectivity index (χ1v) is 37.5. The maximum absolute atomic E-state index is 5.75. The number of ether oxygens (including phenoxy) is 10. The highest BCUT2D eigenvalue weighted by Crippen LogP contribution is 2.23. The fraction of sp³-hybridized carbons (Fsp3) is 0.773. The fourth-order valence-corrected chi connectivity index (χ4v) is 6.04. The third-order valence-electron chi connectivity index (χ3n) is 10.3. The smallest absolute Gasteiger partial charge is 0.129 e. The minimum absolute atomic E-state index is 0.00722. The molecular weight excluding hydrogens is 1270 g/mol. The van der Waals surface area contributed by atoms with Gasteiger partial charge in [-0.2, -0.15) is 0 Å². The molecule has 0 atom stereocenters. The van der Waals surface area contributed by atoms with Crippen molar-refractivity contribution < 1.29 is 51.8 Å². The molecule has 0 bridgehead atoms. The highest BCUT2D eigenvalue weighted by molar-refractivity contribution is 6.30. The van der Waals surface area contributed by atoms with Crippen molar-refractivity contribution in [2.24, 2.45) is 54.1 Å². The minimum Gasteiger partial charge on any atom is -0.493 e. The van der Waals surface area contributed by atoms with E-state index in [-0.39, 0.29) is 32.7 Å². The van der Waals surface area contributed by atoms with Gasteiger partial charge in [0.2, 0.25) is 0 Å². The van der Waals surface area contributed by atoms with Gasteiger partial charge in [0.05, 0.1) is 91.1 Å². The first-order chi connectivity index (χ1) is 45.2. The van der Waals surface area contributed by atoms with Crippen molar-refractivity contribution in [1.82, 2.24) is 0 Å². The zero-order chi connectivity index (χ0) is 79.6. The second kappa shape index (κ2) is 60.0. The van der Waals surface area contributed by atoms with Crippen LogP contribution in [0, 0.1) is 54.1 Å². The van der Waals surface area contributed by atoms with E-state index in [2.05, 4.69) is 255 Å². The first kappa shape index (κ1) is 110. The Hall–Kier alpha value is -3.23. The zero-order valence-electron chi connectivity index (χ0n) is 73.0. The number of unbranched alkanes of at least 4 members (excludes halogenated alkanes) is 1. The Labute approximate surface area is 628 Å². The third-order valence-corrected chi connectivity index (χ3v) is 10.6. The van der Waals surface area contributed by atoms with Crippen LogP contribution in [-0.4, -0.2) is 112 Å². The van der Waals surface area contributed by atoms with Crippen molar-refractivity contribution in [3.05, 3.63) is 109 Å². The van der Waals surface area contributed by atoms with Crippen LogP contribution in [-0.2, 0) is 44.5 Å². The molecule has 0 radical (unpaired) electrons. The number of methoxy groups -OCH3 is 1. The van der Waals surface area contributed by atoms with Crippen LogP contribution in [0.15, 0.2) is 103 Å². The lowest BCUT2D eigenvalue weighted by molar-refractivity contribution is -0.0382. The Bertz CT molecular complexity index is 2170. The van der Waals surface area contributed by atoms with Crippen LogP contribution >= 0.6 is 11.6 Å². The molecule has 0 unspecified atom stereocenters. The van der Waals surface area contributed by atoms with E-state index < -0.39 is 0 Å². The Kier molecular flexibility index (Phi) is 66.0. The first-order valence-electron chi connectivity index (χ1n) is 37.1. The maximum Gasteiger partial charge on any atom is 0.129 e. The number of hydrogen-bond donors (Lipinski definition) is 0. The maximum atomic E-state index is 5.75. The summed E-state index contributed by atoms with van der Waals surface area (Å²) in [6, 6.07) is 21.1. The van der Waals surface area contributed by atoms with Crippen LogP contribution in [0.5, 0.6) is 11.5 Å². The summed E-state index contributed by atoms with van der Waals surface area (Å²) in [5, 5.41) is 0.739. The predicted octanol–water partition coefficient (Wildman–Crippen LogP) is 26.5. The molecule has 12 heteroatoms. The molecule has 594 valence electrons. The fourth-order valence-electron chi connectivity index (χ4n) is 5.91. The highest BCUT2D eigenvalue weighted by Gasteiger charge is 2.18. The molecule has 1 aromatic heterocycles. The lowest BCUT2D eigenvalue weighted by Gasteiger charge is -2.26. The Morgan fingerprint density at radius 3 is 1.04 bits per heavy atom. The Balaban J connectivity index is -0.000000193. The zero-order valence-corrected chi connectivity index (χ0v) is 73.8. The van der Waals surface area contributed by atoms with E-state index in [0.717, 1.165) is 121 Å². The second-order valence-corrected chi connectivity index (χ2v) is 38.8. The van der Waals surface area contributed by atoms with Gasteiger partial charge in [-0.15, -0.1) is 13.2 Å². The molecule has 0 aliphatic heterocycles. The van der Waals surface area contributed by atoms with E-state index >= 15 is 0 Å². The Morgan fingerprint density at radius 2 is 0.740 bits per heavy atom. The van der Waals surface area contributed by atoms with Gasteiger partial charge in [-0.25, -0.2) is 0 Å². The molecule has 0 saturated heterocycles. The molecule has 100 heavy (non-hydrogen) atoms. The van der Waals surface area contributed by atoms with Crippen molar-refractivity contribution in [3.8, 4) is 11.5 Å². The Morgan fingerprint density at radius 1 is 0.370 bits per heavy atom. The lowest BCUT2D eigenvalue weighted by Crippen LogP contribution is -2.26. The van der Waals surface area contributed by atoms with Crippen molar-refractivity contribution in [2.45, 2.75) is 287 Å². The van der Waals surface area contributed by atoms with E-state index in [1.165, 1.54) is 12.8 Å². The van der Waals surface area contributed by atoms with Crippen LogP contribution in [0.3, 0.4) is 0 Å². The molecule has 3 aromatic rings. The van der Waals surface area contributed by atoms with Crippen molar-refractivity contribution in [3.63, 3.8) is 0 Å². The molecule has 2 aromatic carbocycles. The van der Waals surface area contributed by atoms with E-state index in [0.29, 0.717) is 46.9 Å². The van der Waals surface area contributed by atoms with Gasteiger partial charge in [0.1, 0.15) is 23.9 Å². The number of benzene rings is 2. The summed E-state index contributed by atoms with van der Waals surface area (Å²) in [6.45, 7) is 97.5. The summed E-state index contributed by atoms with van der Waals surface area (Å²) in [5.41, 5.74) is 2.83. The van der Waals surface area contributed by atoms with E-state index in [1.807, 2.05) is 79.7 Å². The minimum atomic E-state index is 0.00722. The average molecular weight is 1440 g/mol. The average Bonchev–Trinajstić information content (AvgIpc) is 1.08. The molecule has 0 aliphatic rings. The summed E-state index contributed by atoms with van der Waals surface area (Å²) < 4.78 is 58.8. The van der Waals surface area contributed by atoms with Crippen molar-refractivity contribution >= 4 is 11.6 Å².